The van der Waals surface area contributed by atoms with Gasteiger partial charge in [-0.1, -0.05) is 97.0 Å². The van der Waals surface area contributed by atoms with E-state index in [0.29, 0.717) is 0 Å². The van der Waals surface area contributed by atoms with Crippen LogP contribution in [0.2, 0.25) is 0 Å². The maximum Gasteiger partial charge on any atom is 0.408 e. The molecule has 4 aromatic carbocycles. The minimum Gasteiger partial charge on any atom is -0.444 e. The maximum atomic E-state index is 11.9. The van der Waals surface area contributed by atoms with Crippen molar-refractivity contribution in [3.63, 3.8) is 0 Å². The van der Waals surface area contributed by atoms with Gasteiger partial charge in [-0.2, -0.15) is 0 Å². The van der Waals surface area contributed by atoms with Crippen LogP contribution < -0.4 is 5.32 Å². The fourth-order valence-corrected chi connectivity index (χ4v) is 3.59. The van der Waals surface area contributed by atoms with Crippen LogP contribution in [-0.2, 0) is 4.74 Å². The van der Waals surface area contributed by atoms with E-state index in [0.717, 1.165) is 33.4 Å². The van der Waals surface area contributed by atoms with Crippen molar-refractivity contribution in [1.29, 1.82) is 0 Å². The van der Waals surface area contributed by atoms with E-state index in [-0.39, 0.29) is 6.61 Å². The van der Waals surface area contributed by atoms with Gasteiger partial charge in [0.05, 0.1) is 12.6 Å². The molecule has 4 aromatic rings. The number of carbonyl (C=O) groups excluding carboxylic acids is 1. The fraction of sp³-hybridized carbons (Fsp3) is 0.162. The van der Waals surface area contributed by atoms with E-state index in [1.54, 1.807) is 20.8 Å². The Morgan fingerprint density at radius 1 is 0.780 bits per heavy atom. The molecule has 1 unspecified atom stereocenters. The van der Waals surface area contributed by atoms with Crippen molar-refractivity contribution in [3.05, 3.63) is 149 Å². The predicted molar refractivity (Wildman–Crippen MR) is 167 cm³/mol. The summed E-state index contributed by atoms with van der Waals surface area (Å²) in [6.45, 7) is 8.89. The van der Waals surface area contributed by atoms with Gasteiger partial charge in [0.1, 0.15) is 5.60 Å². The first-order valence-electron chi connectivity index (χ1n) is 13.3. The number of benzene rings is 4. The second kappa shape index (κ2) is 15.5. The molecule has 0 bridgehead atoms. The van der Waals surface area contributed by atoms with Crippen LogP contribution in [0.1, 0.15) is 60.2 Å². The van der Waals surface area contributed by atoms with Crippen molar-refractivity contribution in [3.8, 4) is 23.7 Å². The fourth-order valence-electron chi connectivity index (χ4n) is 3.59. The first-order valence-corrected chi connectivity index (χ1v) is 13.3. The van der Waals surface area contributed by atoms with E-state index >= 15 is 0 Å². The number of hydrogen-bond acceptors (Lipinski definition) is 3. The highest BCUT2D eigenvalue weighted by Gasteiger charge is 2.20. The number of carbonyl (C=O) groups is 1. The van der Waals surface area contributed by atoms with Crippen molar-refractivity contribution < 1.29 is 14.6 Å². The number of nitrogens with one attached hydrogen (secondary N) is 1. The molecular formula is C37H35NO3. The molecule has 2 N–H and O–H groups in total. The molecule has 0 saturated heterocycles. The van der Waals surface area contributed by atoms with Crippen molar-refractivity contribution in [2.45, 2.75) is 32.4 Å². The molecule has 0 fully saturated rings. The molecule has 0 heterocycles. The number of aliphatic hydroxyl groups is 1. The van der Waals surface area contributed by atoms with Crippen LogP contribution in [0.4, 0.5) is 4.79 Å². The van der Waals surface area contributed by atoms with Gasteiger partial charge in [0.2, 0.25) is 0 Å². The molecule has 1 amide bonds. The lowest BCUT2D eigenvalue weighted by molar-refractivity contribution is 0.0482. The van der Waals surface area contributed by atoms with Crippen LogP contribution in [0.5, 0.6) is 0 Å². The molecular weight excluding hydrogens is 506 g/mol. The summed E-state index contributed by atoms with van der Waals surface area (Å²) in [6, 6.07) is 34.6. The van der Waals surface area contributed by atoms with E-state index in [9.17, 15) is 9.90 Å². The maximum absolute atomic E-state index is 11.9. The summed E-state index contributed by atoms with van der Waals surface area (Å²) in [6.07, 6.45) is 1.26. The zero-order chi connectivity index (χ0) is 29.5. The van der Waals surface area contributed by atoms with Crippen LogP contribution in [-0.4, -0.2) is 23.4 Å². The molecule has 0 aliphatic carbocycles. The Bertz CT molecular complexity index is 1550. The molecule has 0 aliphatic rings. The van der Waals surface area contributed by atoms with Gasteiger partial charge in [0.25, 0.3) is 0 Å². The summed E-state index contributed by atoms with van der Waals surface area (Å²) >= 11 is 0. The van der Waals surface area contributed by atoms with E-state index in [1.807, 2.05) is 115 Å². The molecule has 4 heteroatoms. The lowest BCUT2D eigenvalue weighted by atomic mass is 10.0. The predicted octanol–water partition coefficient (Wildman–Crippen LogP) is 7.37. The number of alkyl carbamates (subject to hydrolysis) is 1. The first kappa shape index (κ1) is 30.5. The van der Waals surface area contributed by atoms with Crippen molar-refractivity contribution in [2.75, 3.05) is 6.61 Å². The molecule has 206 valence electrons. The molecule has 4 rings (SSSR count). The van der Waals surface area contributed by atoms with Gasteiger partial charge >= 0.3 is 6.09 Å². The first-order chi connectivity index (χ1) is 19.8. The Morgan fingerprint density at radius 3 is 1.78 bits per heavy atom. The third-order valence-corrected chi connectivity index (χ3v) is 5.53. The van der Waals surface area contributed by atoms with E-state index in [2.05, 4.69) is 35.6 Å². The van der Waals surface area contributed by atoms with Gasteiger partial charge in [-0.3, -0.25) is 0 Å². The number of rotatable bonds is 4. The summed E-state index contributed by atoms with van der Waals surface area (Å²) in [5.41, 5.74) is 5.07. The van der Waals surface area contributed by atoms with Crippen LogP contribution in [0.25, 0.3) is 6.08 Å². The molecule has 1 atom stereocenters. The van der Waals surface area contributed by atoms with Crippen LogP contribution >= 0.6 is 0 Å². The summed E-state index contributed by atoms with van der Waals surface area (Å²) in [4.78, 5) is 11.9. The Labute approximate surface area is 243 Å². The third-order valence-electron chi connectivity index (χ3n) is 5.53. The van der Waals surface area contributed by atoms with E-state index in [4.69, 9.17) is 4.74 Å². The van der Waals surface area contributed by atoms with Crippen molar-refractivity contribution in [2.24, 2.45) is 0 Å². The Balaban J connectivity index is 0.000000248. The normalized spacial score (nSPS) is 10.7. The van der Waals surface area contributed by atoms with Crippen LogP contribution in [0.3, 0.4) is 0 Å². The Hall–Kier alpha value is -5.03. The van der Waals surface area contributed by atoms with Gasteiger partial charge in [0, 0.05) is 22.3 Å². The molecule has 0 aromatic heterocycles. The molecule has 0 spiro atoms. The third kappa shape index (κ3) is 11.3. The smallest absolute Gasteiger partial charge is 0.408 e. The van der Waals surface area contributed by atoms with Gasteiger partial charge in [-0.25, -0.2) is 4.79 Å². The highest BCUT2D eigenvalue weighted by molar-refractivity contribution is 5.68. The average molecular weight is 542 g/mol. The summed E-state index contributed by atoms with van der Waals surface area (Å²) in [5, 5.41) is 12.3. The summed E-state index contributed by atoms with van der Waals surface area (Å²) in [5.74, 6) is 12.5. The highest BCUT2D eigenvalue weighted by atomic mass is 16.6. The monoisotopic (exact) mass is 541 g/mol. The molecule has 0 aliphatic heterocycles. The zero-order valence-electron chi connectivity index (χ0n) is 23.7. The average Bonchev–Trinajstić information content (AvgIpc) is 2.98. The molecule has 41 heavy (non-hydrogen) atoms. The van der Waals surface area contributed by atoms with Gasteiger partial charge < -0.3 is 15.2 Å². The minimum absolute atomic E-state index is 0.227. The number of amides is 1. The molecule has 0 saturated carbocycles. The topological polar surface area (TPSA) is 58.6 Å². The Morgan fingerprint density at radius 2 is 1.27 bits per heavy atom. The lowest BCUT2D eigenvalue weighted by Crippen LogP contribution is -2.36. The lowest BCUT2D eigenvalue weighted by Gasteiger charge is -2.23. The minimum atomic E-state index is -0.590. The molecule has 4 nitrogen and oxygen atoms in total. The standard InChI is InChI=1S/C21H23NO3.C16H12/c1-21(2,3)25-20(24)22-19(15-23)18-11-7-10-17(14-18)13-12-16-8-5-4-6-9-16;1-2-14-9-6-10-16(13-14)12-11-15-7-4-3-5-8-15/h4-11,14,19,23H,15H2,1-3H3,(H,22,24);2-10,13H,1H2. The van der Waals surface area contributed by atoms with E-state index in [1.165, 1.54) is 0 Å². The second-order valence-electron chi connectivity index (χ2n) is 10.1. The van der Waals surface area contributed by atoms with E-state index < -0.39 is 17.7 Å². The largest absolute Gasteiger partial charge is 0.444 e. The number of aliphatic hydroxyl groups excluding tert-OH is 1. The SMILES string of the molecule is C=Cc1cccc(C#Cc2ccccc2)c1.CC(C)(C)OC(=O)NC(CO)c1cccc(C#Cc2ccccc2)c1. The second-order valence-corrected chi connectivity index (χ2v) is 10.1. The van der Waals surface area contributed by atoms with Gasteiger partial charge in [0.15, 0.2) is 0 Å². The van der Waals surface area contributed by atoms with Gasteiger partial charge in [-0.15, -0.1) is 0 Å². The highest BCUT2D eigenvalue weighted by Crippen LogP contribution is 2.16. The van der Waals surface area contributed by atoms with Crippen molar-refractivity contribution >= 4 is 12.2 Å². The van der Waals surface area contributed by atoms with Crippen LogP contribution in [0, 0.1) is 23.7 Å². The number of ether oxygens (including phenoxy) is 1. The van der Waals surface area contributed by atoms with Crippen LogP contribution in [0.15, 0.2) is 116 Å². The Kier molecular flexibility index (Phi) is 11.6. The van der Waals surface area contributed by atoms with Gasteiger partial charge in [-0.05, 0) is 80.4 Å². The zero-order valence-corrected chi connectivity index (χ0v) is 23.7. The number of hydrogen-bond donors (Lipinski definition) is 2. The summed E-state index contributed by atoms with van der Waals surface area (Å²) in [7, 11) is 0. The molecule has 0 radical (unpaired) electrons. The quantitative estimate of drug-likeness (QED) is 0.265. The summed E-state index contributed by atoms with van der Waals surface area (Å²) < 4.78 is 5.24. The van der Waals surface area contributed by atoms with Crippen molar-refractivity contribution in [1.82, 2.24) is 5.32 Å².